The van der Waals surface area contributed by atoms with E-state index in [0.717, 1.165) is 6.26 Å². The van der Waals surface area contributed by atoms with Gasteiger partial charge in [-0.1, -0.05) is 0 Å². The van der Waals surface area contributed by atoms with Gasteiger partial charge in [-0.15, -0.1) is 0 Å². The minimum absolute atomic E-state index is 0.00422. The molecule has 7 heteroatoms. The van der Waals surface area contributed by atoms with E-state index in [0.29, 0.717) is 0 Å². The molecule has 0 spiro atoms. The zero-order valence-corrected chi connectivity index (χ0v) is 9.67. The second-order valence-corrected chi connectivity index (χ2v) is 4.84. The summed E-state index contributed by atoms with van der Waals surface area (Å²) in [6.45, 7) is 3.04. The highest BCUT2D eigenvalue weighted by Crippen LogP contribution is 2.05. The number of esters is 2. The molecule has 0 aromatic heterocycles. The fourth-order valence-electron chi connectivity index (χ4n) is 0.882. The summed E-state index contributed by atoms with van der Waals surface area (Å²) in [7, 11) is -3.86. The van der Waals surface area contributed by atoms with Crippen LogP contribution in [0, 0.1) is 0 Å². The van der Waals surface area contributed by atoms with Gasteiger partial charge in [-0.05, 0) is 13.8 Å². The topological polar surface area (TPSA) is 86.7 Å². The molecule has 0 bridgehead atoms. The number of hydrogen-bond acceptors (Lipinski definition) is 6. The van der Waals surface area contributed by atoms with E-state index in [2.05, 4.69) is 9.47 Å². The van der Waals surface area contributed by atoms with Gasteiger partial charge in [0, 0.05) is 6.26 Å². The van der Waals surface area contributed by atoms with Gasteiger partial charge in [0.2, 0.25) is 0 Å². The maximum Gasteiger partial charge on any atom is 0.336 e. The third-order valence-corrected chi connectivity index (χ3v) is 2.67. The second kappa shape index (κ2) is 5.69. The van der Waals surface area contributed by atoms with Crippen LogP contribution in [-0.2, 0) is 28.9 Å². The third kappa shape index (κ3) is 4.28. The molecule has 15 heavy (non-hydrogen) atoms. The maximum absolute atomic E-state index is 11.2. The van der Waals surface area contributed by atoms with Gasteiger partial charge in [-0.3, -0.25) is 9.59 Å². The molecule has 0 rings (SSSR count). The van der Waals surface area contributed by atoms with Crippen LogP contribution in [0.2, 0.25) is 0 Å². The average molecular weight is 238 g/mol. The van der Waals surface area contributed by atoms with E-state index in [1.54, 1.807) is 0 Å². The molecule has 0 aliphatic carbocycles. The average Bonchev–Trinajstić information content (AvgIpc) is 2.01. The Morgan fingerprint density at radius 1 is 1.07 bits per heavy atom. The molecule has 0 saturated carbocycles. The molecule has 0 unspecified atom stereocenters. The van der Waals surface area contributed by atoms with E-state index in [1.807, 2.05) is 0 Å². The third-order valence-electron chi connectivity index (χ3n) is 1.43. The molecular weight excluding hydrogens is 224 g/mol. The Morgan fingerprint density at radius 3 is 1.60 bits per heavy atom. The van der Waals surface area contributed by atoms with Crippen LogP contribution in [-0.4, -0.2) is 45.1 Å². The van der Waals surface area contributed by atoms with Crippen molar-refractivity contribution in [3.05, 3.63) is 0 Å². The normalized spacial score (nSPS) is 11.2. The van der Waals surface area contributed by atoms with E-state index in [1.165, 1.54) is 13.8 Å². The summed E-state index contributed by atoms with van der Waals surface area (Å²) < 4.78 is 31.3. The van der Waals surface area contributed by atoms with E-state index < -0.39 is 27.0 Å². The predicted molar refractivity (Wildman–Crippen MR) is 51.9 cm³/mol. The van der Waals surface area contributed by atoms with Crippen molar-refractivity contribution in [2.75, 3.05) is 19.5 Å². The molecule has 0 amide bonds. The molecule has 0 heterocycles. The highest BCUT2D eigenvalue weighted by atomic mass is 32.2. The maximum atomic E-state index is 11.2. The molecule has 0 fully saturated rings. The predicted octanol–water partition coefficient (Wildman–Crippen LogP) is -0.474. The fourth-order valence-corrected chi connectivity index (χ4v) is 1.72. The molecule has 6 nitrogen and oxygen atoms in total. The molecular formula is C8H14O6S. The molecule has 0 aliphatic heterocycles. The quantitative estimate of drug-likeness (QED) is 0.475. The first-order chi connectivity index (χ1) is 6.84. The van der Waals surface area contributed by atoms with E-state index in [4.69, 9.17) is 0 Å². The van der Waals surface area contributed by atoms with Gasteiger partial charge < -0.3 is 9.47 Å². The summed E-state index contributed by atoms with van der Waals surface area (Å²) in [5.74, 6) is -2.20. The van der Waals surface area contributed by atoms with E-state index in [-0.39, 0.29) is 13.2 Å². The highest BCUT2D eigenvalue weighted by Gasteiger charge is 2.38. The van der Waals surface area contributed by atoms with Crippen molar-refractivity contribution in [1.29, 1.82) is 0 Å². The van der Waals surface area contributed by atoms with Crippen molar-refractivity contribution in [1.82, 2.24) is 0 Å². The minimum Gasteiger partial charge on any atom is -0.465 e. The van der Waals surface area contributed by atoms with E-state index in [9.17, 15) is 18.0 Å². The Balaban J connectivity index is 4.91. The number of rotatable bonds is 5. The zero-order chi connectivity index (χ0) is 12.1. The molecule has 0 radical (unpaired) electrons. The molecule has 0 aliphatic rings. The SMILES string of the molecule is CCOC(=O)C(C(=O)OCC)S(C)(=O)=O. The lowest BCUT2D eigenvalue weighted by atomic mass is 10.4. The molecule has 0 atom stereocenters. The summed E-state index contributed by atoms with van der Waals surface area (Å²) >= 11 is 0. The smallest absolute Gasteiger partial charge is 0.336 e. The number of sulfone groups is 1. The summed E-state index contributed by atoms with van der Waals surface area (Å²) in [6.07, 6.45) is 0.783. The first-order valence-corrected chi connectivity index (χ1v) is 6.32. The van der Waals surface area contributed by atoms with Gasteiger partial charge in [0.1, 0.15) is 0 Å². The van der Waals surface area contributed by atoms with Crippen LogP contribution in [0.3, 0.4) is 0 Å². The summed E-state index contributed by atoms with van der Waals surface area (Å²) in [5.41, 5.74) is 0. The van der Waals surface area contributed by atoms with Crippen LogP contribution in [0.1, 0.15) is 13.8 Å². The largest absolute Gasteiger partial charge is 0.465 e. The van der Waals surface area contributed by atoms with Gasteiger partial charge in [-0.25, -0.2) is 8.42 Å². The molecule has 0 aromatic rings. The zero-order valence-electron chi connectivity index (χ0n) is 8.85. The fraction of sp³-hybridized carbons (Fsp3) is 0.750. The number of ether oxygens (including phenoxy) is 2. The Kier molecular flexibility index (Phi) is 5.27. The van der Waals surface area contributed by atoms with Crippen LogP contribution in [0.15, 0.2) is 0 Å². The molecule has 0 N–H and O–H groups in total. The molecule has 88 valence electrons. The van der Waals surface area contributed by atoms with Crippen LogP contribution in [0.4, 0.5) is 0 Å². The van der Waals surface area contributed by atoms with Gasteiger partial charge in [0.15, 0.2) is 9.84 Å². The van der Waals surface area contributed by atoms with Crippen LogP contribution >= 0.6 is 0 Å². The molecule has 0 saturated heterocycles. The molecule has 0 aromatic carbocycles. The van der Waals surface area contributed by atoms with Crippen LogP contribution in [0.5, 0.6) is 0 Å². The van der Waals surface area contributed by atoms with Crippen LogP contribution < -0.4 is 0 Å². The van der Waals surface area contributed by atoms with Crippen molar-refractivity contribution in [3.8, 4) is 0 Å². The summed E-state index contributed by atoms with van der Waals surface area (Å²) in [4.78, 5) is 22.4. The van der Waals surface area contributed by atoms with Crippen molar-refractivity contribution >= 4 is 21.8 Å². The van der Waals surface area contributed by atoms with Gasteiger partial charge >= 0.3 is 11.9 Å². The Morgan fingerprint density at radius 2 is 1.40 bits per heavy atom. The lowest BCUT2D eigenvalue weighted by molar-refractivity contribution is -0.153. The lowest BCUT2D eigenvalue weighted by Gasteiger charge is -2.11. The van der Waals surface area contributed by atoms with Crippen molar-refractivity contribution < 1.29 is 27.5 Å². The second-order valence-electron chi connectivity index (χ2n) is 2.71. The monoisotopic (exact) mass is 238 g/mol. The Labute approximate surface area is 88.5 Å². The Hall–Kier alpha value is -1.11. The van der Waals surface area contributed by atoms with Gasteiger partial charge in [0.05, 0.1) is 13.2 Å². The van der Waals surface area contributed by atoms with Crippen molar-refractivity contribution in [2.24, 2.45) is 0 Å². The number of hydrogen-bond donors (Lipinski definition) is 0. The first kappa shape index (κ1) is 13.9. The minimum atomic E-state index is -3.86. The number of carbonyl (C=O) groups is 2. The first-order valence-electron chi connectivity index (χ1n) is 4.36. The highest BCUT2D eigenvalue weighted by molar-refractivity contribution is 7.92. The van der Waals surface area contributed by atoms with Crippen molar-refractivity contribution in [3.63, 3.8) is 0 Å². The van der Waals surface area contributed by atoms with Gasteiger partial charge in [0.25, 0.3) is 5.25 Å². The Bertz CT molecular complexity index is 313. The van der Waals surface area contributed by atoms with Crippen molar-refractivity contribution in [2.45, 2.75) is 19.1 Å². The van der Waals surface area contributed by atoms with Gasteiger partial charge in [-0.2, -0.15) is 0 Å². The summed E-state index contributed by atoms with van der Waals surface area (Å²) in [5, 5.41) is -1.88. The van der Waals surface area contributed by atoms with E-state index >= 15 is 0 Å². The summed E-state index contributed by atoms with van der Waals surface area (Å²) in [6, 6.07) is 0. The lowest BCUT2D eigenvalue weighted by Crippen LogP contribution is -2.39. The van der Waals surface area contributed by atoms with Crippen LogP contribution in [0.25, 0.3) is 0 Å². The number of carbonyl (C=O) groups excluding carboxylic acids is 2. The standard InChI is InChI=1S/C8H14O6S/c1-4-13-7(9)6(15(3,11)12)8(10)14-5-2/h6H,4-5H2,1-3H3.